The molecular weight excluding hydrogens is 412 g/mol. The van der Waals surface area contributed by atoms with Gasteiger partial charge in [0.05, 0.1) is 13.2 Å². The molecule has 0 aliphatic carbocycles. The Hall–Kier alpha value is -1.06. The Bertz CT molecular complexity index is 422. The van der Waals surface area contributed by atoms with Crippen LogP contribution in [0.15, 0.2) is 0 Å². The standard InChI is InChI=1S/C29H56O4/c1-3-5-7-9-10-11-12-13-14-15-16-17-18-20-22-27-33-29(31)25-23-24-28(30)32-26-21-19-8-6-4-2/h3-27H2,1-2H3. The van der Waals surface area contributed by atoms with Crippen LogP contribution in [-0.2, 0) is 19.1 Å². The molecule has 0 heterocycles. The quantitative estimate of drug-likeness (QED) is 0.0938. The van der Waals surface area contributed by atoms with Crippen molar-refractivity contribution in [3.63, 3.8) is 0 Å². The molecule has 0 spiro atoms. The van der Waals surface area contributed by atoms with Crippen LogP contribution in [0.3, 0.4) is 0 Å². The molecule has 0 N–H and O–H groups in total. The fourth-order valence-electron chi connectivity index (χ4n) is 4.07. The van der Waals surface area contributed by atoms with Crippen molar-refractivity contribution in [3.05, 3.63) is 0 Å². The molecule has 0 rings (SSSR count). The van der Waals surface area contributed by atoms with E-state index < -0.39 is 0 Å². The molecule has 0 fully saturated rings. The van der Waals surface area contributed by atoms with E-state index in [1.54, 1.807) is 0 Å². The minimum absolute atomic E-state index is 0.187. The summed E-state index contributed by atoms with van der Waals surface area (Å²) in [5.74, 6) is -0.381. The number of carbonyl (C=O) groups excluding carboxylic acids is 2. The predicted molar refractivity (Wildman–Crippen MR) is 139 cm³/mol. The lowest BCUT2D eigenvalue weighted by Crippen LogP contribution is -2.09. The summed E-state index contributed by atoms with van der Waals surface area (Å²) in [4.78, 5) is 23.4. The smallest absolute Gasteiger partial charge is 0.305 e. The Kier molecular flexibility index (Phi) is 26.3. The lowest BCUT2D eigenvalue weighted by molar-refractivity contribution is -0.145. The molecule has 0 aromatic heterocycles. The van der Waals surface area contributed by atoms with Crippen LogP contribution in [0, 0.1) is 0 Å². The summed E-state index contributed by atoms with van der Waals surface area (Å²) in [6, 6.07) is 0. The number of esters is 2. The van der Waals surface area contributed by atoms with E-state index in [0.717, 1.165) is 25.7 Å². The van der Waals surface area contributed by atoms with E-state index in [4.69, 9.17) is 9.47 Å². The molecule has 0 amide bonds. The second-order valence-electron chi connectivity index (χ2n) is 9.66. The molecule has 0 atom stereocenters. The Morgan fingerprint density at radius 1 is 0.394 bits per heavy atom. The van der Waals surface area contributed by atoms with Gasteiger partial charge in [0, 0.05) is 12.8 Å². The minimum Gasteiger partial charge on any atom is -0.466 e. The molecule has 0 saturated heterocycles. The number of carbonyl (C=O) groups is 2. The van der Waals surface area contributed by atoms with Gasteiger partial charge in [0.2, 0.25) is 0 Å². The maximum atomic E-state index is 11.8. The molecule has 0 radical (unpaired) electrons. The van der Waals surface area contributed by atoms with Gasteiger partial charge in [-0.25, -0.2) is 0 Å². The zero-order valence-corrected chi connectivity index (χ0v) is 22.3. The van der Waals surface area contributed by atoms with E-state index in [2.05, 4.69) is 13.8 Å². The van der Waals surface area contributed by atoms with Crippen molar-refractivity contribution in [2.24, 2.45) is 0 Å². The van der Waals surface area contributed by atoms with Gasteiger partial charge in [0.25, 0.3) is 0 Å². The maximum absolute atomic E-state index is 11.8. The van der Waals surface area contributed by atoms with Crippen molar-refractivity contribution in [1.29, 1.82) is 0 Å². The average Bonchev–Trinajstić information content (AvgIpc) is 2.81. The Labute approximate surface area is 206 Å². The van der Waals surface area contributed by atoms with Gasteiger partial charge >= 0.3 is 11.9 Å². The van der Waals surface area contributed by atoms with Crippen LogP contribution in [0.2, 0.25) is 0 Å². The number of unbranched alkanes of at least 4 members (excludes halogenated alkanes) is 18. The van der Waals surface area contributed by atoms with Crippen LogP contribution in [0.4, 0.5) is 0 Å². The highest BCUT2D eigenvalue weighted by Crippen LogP contribution is 2.13. The van der Waals surface area contributed by atoms with Gasteiger partial charge in [-0.3, -0.25) is 9.59 Å². The number of ether oxygens (including phenoxy) is 2. The van der Waals surface area contributed by atoms with Gasteiger partial charge in [-0.2, -0.15) is 0 Å². The van der Waals surface area contributed by atoms with E-state index in [1.165, 1.54) is 103 Å². The molecule has 0 aromatic rings. The van der Waals surface area contributed by atoms with E-state index in [-0.39, 0.29) is 11.9 Å². The van der Waals surface area contributed by atoms with Gasteiger partial charge in [0.1, 0.15) is 0 Å². The van der Waals surface area contributed by atoms with Crippen molar-refractivity contribution in [2.75, 3.05) is 13.2 Å². The second kappa shape index (κ2) is 27.2. The number of rotatable bonds is 26. The zero-order chi connectivity index (χ0) is 24.2. The van der Waals surface area contributed by atoms with E-state index in [0.29, 0.717) is 32.5 Å². The Morgan fingerprint density at radius 2 is 0.667 bits per heavy atom. The van der Waals surface area contributed by atoms with Crippen LogP contribution < -0.4 is 0 Å². The minimum atomic E-state index is -0.194. The number of hydrogen-bond acceptors (Lipinski definition) is 4. The highest BCUT2D eigenvalue weighted by Gasteiger charge is 2.07. The maximum Gasteiger partial charge on any atom is 0.305 e. The Morgan fingerprint density at radius 3 is 0.970 bits per heavy atom. The van der Waals surface area contributed by atoms with Crippen LogP contribution >= 0.6 is 0 Å². The lowest BCUT2D eigenvalue weighted by atomic mass is 10.0. The molecular formula is C29H56O4. The van der Waals surface area contributed by atoms with Crippen molar-refractivity contribution >= 4 is 11.9 Å². The largest absolute Gasteiger partial charge is 0.466 e. The second-order valence-corrected chi connectivity index (χ2v) is 9.66. The lowest BCUT2D eigenvalue weighted by Gasteiger charge is -2.06. The third-order valence-electron chi connectivity index (χ3n) is 6.28. The zero-order valence-electron chi connectivity index (χ0n) is 22.3. The monoisotopic (exact) mass is 468 g/mol. The summed E-state index contributed by atoms with van der Waals surface area (Å²) in [5, 5.41) is 0. The molecule has 0 aromatic carbocycles. The SMILES string of the molecule is CCCCCCCCCCCCCCCCCOC(=O)CCCC(=O)OCCCCCCC. The topological polar surface area (TPSA) is 52.6 Å². The van der Waals surface area contributed by atoms with E-state index in [1.807, 2.05) is 0 Å². The van der Waals surface area contributed by atoms with E-state index in [9.17, 15) is 9.59 Å². The van der Waals surface area contributed by atoms with Gasteiger partial charge in [-0.05, 0) is 19.3 Å². The van der Waals surface area contributed by atoms with Gasteiger partial charge in [-0.1, -0.05) is 129 Å². The molecule has 0 aliphatic rings. The van der Waals surface area contributed by atoms with Crippen molar-refractivity contribution in [2.45, 2.75) is 162 Å². The van der Waals surface area contributed by atoms with Gasteiger partial charge in [-0.15, -0.1) is 0 Å². The molecule has 33 heavy (non-hydrogen) atoms. The first-order valence-electron chi connectivity index (χ1n) is 14.5. The molecule has 4 heteroatoms. The van der Waals surface area contributed by atoms with Crippen LogP contribution in [0.25, 0.3) is 0 Å². The molecule has 0 aliphatic heterocycles. The molecule has 0 saturated carbocycles. The summed E-state index contributed by atoms with van der Waals surface area (Å²) in [6.07, 6.45) is 26.8. The van der Waals surface area contributed by atoms with Crippen molar-refractivity contribution in [3.8, 4) is 0 Å². The highest BCUT2D eigenvalue weighted by atomic mass is 16.5. The first kappa shape index (κ1) is 31.9. The average molecular weight is 469 g/mol. The van der Waals surface area contributed by atoms with Crippen molar-refractivity contribution in [1.82, 2.24) is 0 Å². The third kappa shape index (κ3) is 27.1. The first-order valence-corrected chi connectivity index (χ1v) is 14.5. The number of hydrogen-bond donors (Lipinski definition) is 0. The summed E-state index contributed by atoms with van der Waals surface area (Å²) in [6.45, 7) is 5.48. The molecule has 0 bridgehead atoms. The normalized spacial score (nSPS) is 11.0. The molecule has 4 nitrogen and oxygen atoms in total. The molecule has 196 valence electrons. The van der Waals surface area contributed by atoms with Gasteiger partial charge in [0.15, 0.2) is 0 Å². The van der Waals surface area contributed by atoms with Crippen LogP contribution in [0.1, 0.15) is 162 Å². The van der Waals surface area contributed by atoms with Gasteiger partial charge < -0.3 is 9.47 Å². The fourth-order valence-corrected chi connectivity index (χ4v) is 4.07. The molecule has 0 unspecified atom stereocenters. The first-order chi connectivity index (χ1) is 16.2. The highest BCUT2D eigenvalue weighted by molar-refractivity contribution is 5.72. The summed E-state index contributed by atoms with van der Waals surface area (Å²) in [5.41, 5.74) is 0. The van der Waals surface area contributed by atoms with Crippen LogP contribution in [-0.4, -0.2) is 25.2 Å². The van der Waals surface area contributed by atoms with Crippen LogP contribution in [0.5, 0.6) is 0 Å². The fraction of sp³-hybridized carbons (Fsp3) is 0.931. The van der Waals surface area contributed by atoms with E-state index >= 15 is 0 Å². The summed E-state index contributed by atoms with van der Waals surface area (Å²) < 4.78 is 10.5. The Balaban J connectivity index is 3.25. The van der Waals surface area contributed by atoms with Crippen molar-refractivity contribution < 1.29 is 19.1 Å². The predicted octanol–water partition coefficient (Wildman–Crippen LogP) is 9.08. The summed E-state index contributed by atoms with van der Waals surface area (Å²) in [7, 11) is 0. The third-order valence-corrected chi connectivity index (χ3v) is 6.28. The summed E-state index contributed by atoms with van der Waals surface area (Å²) >= 11 is 0.